The highest BCUT2D eigenvalue weighted by molar-refractivity contribution is 5.99. The van der Waals surface area contributed by atoms with Crippen LogP contribution in [0, 0.1) is 11.6 Å². The fourth-order valence-electron chi connectivity index (χ4n) is 3.95. The van der Waals surface area contributed by atoms with Crippen molar-refractivity contribution in [3.05, 3.63) is 77.6 Å². The molecule has 2 aromatic heterocycles. The van der Waals surface area contributed by atoms with Gasteiger partial charge in [0, 0.05) is 41.6 Å². The molecule has 2 heterocycles. The number of aromatic carboxylic acids is 1. The quantitative estimate of drug-likeness (QED) is 0.427. The van der Waals surface area contributed by atoms with Gasteiger partial charge in [-0.15, -0.1) is 0 Å². The highest BCUT2D eigenvalue weighted by Gasteiger charge is 2.26. The first-order valence-corrected chi connectivity index (χ1v) is 9.96. The number of carboxylic acid groups (broad SMARTS) is 1. The van der Waals surface area contributed by atoms with Crippen LogP contribution in [-0.4, -0.2) is 20.6 Å². The summed E-state index contributed by atoms with van der Waals surface area (Å²) >= 11 is 0. The number of aromatic nitrogens is 2. The Kier molecular flexibility index (Phi) is 4.46. The van der Waals surface area contributed by atoms with Gasteiger partial charge < -0.3 is 15.0 Å². The number of carboxylic acids is 1. The standard InChI is InChI=1S/C24H19F2N3O2/c1-29-8-7-14-9-16(11-18(22(14)29)17-3-2-4-20(25)21(17)26)28-23-19(24(30)31)10-15(12-27-23)13-5-6-13/h2-4,7-13H,5-6H2,1H3,(H,27,28)(H,30,31). The maximum absolute atomic E-state index is 14.6. The Hall–Kier alpha value is -3.74. The van der Waals surface area contributed by atoms with Crippen LogP contribution in [0.1, 0.15) is 34.7 Å². The Morgan fingerprint density at radius 2 is 1.97 bits per heavy atom. The molecule has 0 bridgehead atoms. The summed E-state index contributed by atoms with van der Waals surface area (Å²) in [6.45, 7) is 0. The number of nitrogens with one attached hydrogen (secondary N) is 1. The molecule has 7 heteroatoms. The van der Waals surface area contributed by atoms with Gasteiger partial charge in [-0.25, -0.2) is 18.6 Å². The molecule has 5 rings (SSSR count). The number of benzene rings is 2. The van der Waals surface area contributed by atoms with E-state index in [-0.39, 0.29) is 16.9 Å². The Morgan fingerprint density at radius 1 is 1.16 bits per heavy atom. The van der Waals surface area contributed by atoms with Crippen LogP contribution in [0.2, 0.25) is 0 Å². The van der Waals surface area contributed by atoms with Crippen LogP contribution in [0.3, 0.4) is 0 Å². The first-order valence-electron chi connectivity index (χ1n) is 9.96. The van der Waals surface area contributed by atoms with Gasteiger partial charge in [0.2, 0.25) is 0 Å². The minimum Gasteiger partial charge on any atom is -0.478 e. The molecule has 0 radical (unpaired) electrons. The van der Waals surface area contributed by atoms with E-state index in [1.165, 1.54) is 12.1 Å². The van der Waals surface area contributed by atoms with Crippen molar-refractivity contribution in [2.45, 2.75) is 18.8 Å². The van der Waals surface area contributed by atoms with Gasteiger partial charge in [-0.05, 0) is 54.7 Å². The van der Waals surface area contributed by atoms with Crippen molar-refractivity contribution in [1.29, 1.82) is 0 Å². The maximum Gasteiger partial charge on any atom is 0.339 e. The van der Waals surface area contributed by atoms with Crippen molar-refractivity contribution in [1.82, 2.24) is 9.55 Å². The lowest BCUT2D eigenvalue weighted by Crippen LogP contribution is -2.06. The van der Waals surface area contributed by atoms with Crippen LogP contribution < -0.4 is 5.32 Å². The Labute approximate surface area is 177 Å². The van der Waals surface area contributed by atoms with E-state index in [1.54, 1.807) is 18.3 Å². The first kappa shape index (κ1) is 19.2. The molecule has 1 fully saturated rings. The van der Waals surface area contributed by atoms with E-state index in [0.717, 1.165) is 35.4 Å². The van der Waals surface area contributed by atoms with Crippen molar-refractivity contribution >= 4 is 28.4 Å². The Balaban J connectivity index is 1.64. The van der Waals surface area contributed by atoms with Crippen LogP contribution >= 0.6 is 0 Å². The molecule has 2 aromatic carbocycles. The molecule has 0 saturated heterocycles. The lowest BCUT2D eigenvalue weighted by molar-refractivity contribution is 0.0697. The normalized spacial score (nSPS) is 13.5. The van der Waals surface area contributed by atoms with Crippen LogP contribution in [0.15, 0.2) is 54.9 Å². The minimum atomic E-state index is -1.07. The van der Waals surface area contributed by atoms with Crippen molar-refractivity contribution in [2.24, 2.45) is 7.05 Å². The molecule has 0 aliphatic heterocycles. The van der Waals surface area contributed by atoms with Gasteiger partial charge in [0.1, 0.15) is 11.4 Å². The molecule has 1 aliphatic rings. The zero-order valence-corrected chi connectivity index (χ0v) is 16.7. The zero-order chi connectivity index (χ0) is 21.7. The monoisotopic (exact) mass is 419 g/mol. The molecule has 156 valence electrons. The maximum atomic E-state index is 14.6. The number of hydrogen-bond acceptors (Lipinski definition) is 3. The molecule has 2 N–H and O–H groups in total. The molecule has 0 amide bonds. The number of nitrogens with zero attached hydrogens (tertiary/aromatic N) is 2. The van der Waals surface area contributed by atoms with E-state index in [9.17, 15) is 18.7 Å². The third-order valence-corrected chi connectivity index (χ3v) is 5.66. The summed E-state index contributed by atoms with van der Waals surface area (Å²) in [7, 11) is 1.83. The third kappa shape index (κ3) is 3.42. The lowest BCUT2D eigenvalue weighted by atomic mass is 10.0. The van der Waals surface area contributed by atoms with Gasteiger partial charge in [-0.3, -0.25) is 0 Å². The average molecular weight is 419 g/mol. The SMILES string of the molecule is Cn1ccc2cc(Nc3ncc(C4CC4)cc3C(=O)O)cc(-c3cccc(F)c3F)c21. The van der Waals surface area contributed by atoms with Gasteiger partial charge in [0.25, 0.3) is 0 Å². The van der Waals surface area contributed by atoms with Crippen LogP contribution in [0.4, 0.5) is 20.3 Å². The number of rotatable bonds is 5. The summed E-state index contributed by atoms with van der Waals surface area (Å²) in [6, 6.07) is 11.1. The lowest BCUT2D eigenvalue weighted by Gasteiger charge is -2.14. The largest absolute Gasteiger partial charge is 0.478 e. The topological polar surface area (TPSA) is 67.2 Å². The average Bonchev–Trinajstić information content (AvgIpc) is 3.53. The molecular formula is C24H19F2N3O2. The summed E-state index contributed by atoms with van der Waals surface area (Å²) in [4.78, 5) is 16.2. The predicted molar refractivity (Wildman–Crippen MR) is 115 cm³/mol. The summed E-state index contributed by atoms with van der Waals surface area (Å²) in [5, 5.41) is 13.5. The number of hydrogen-bond donors (Lipinski definition) is 2. The van der Waals surface area contributed by atoms with Crippen LogP contribution in [-0.2, 0) is 7.05 Å². The van der Waals surface area contributed by atoms with Gasteiger partial charge >= 0.3 is 5.97 Å². The van der Waals surface area contributed by atoms with E-state index in [0.29, 0.717) is 17.2 Å². The molecule has 1 saturated carbocycles. The summed E-state index contributed by atoms with van der Waals surface area (Å²) in [5.74, 6) is -2.35. The van der Waals surface area contributed by atoms with E-state index in [4.69, 9.17) is 0 Å². The third-order valence-electron chi connectivity index (χ3n) is 5.66. The van der Waals surface area contributed by atoms with Gasteiger partial charge in [0.05, 0.1) is 5.52 Å². The number of fused-ring (bicyclic) bond motifs is 1. The first-order chi connectivity index (χ1) is 14.9. The zero-order valence-electron chi connectivity index (χ0n) is 16.7. The fourth-order valence-corrected chi connectivity index (χ4v) is 3.95. The highest BCUT2D eigenvalue weighted by Crippen LogP contribution is 2.41. The van der Waals surface area contributed by atoms with Crippen molar-refractivity contribution < 1.29 is 18.7 Å². The minimum absolute atomic E-state index is 0.0797. The van der Waals surface area contributed by atoms with Gasteiger partial charge in [-0.1, -0.05) is 12.1 Å². The summed E-state index contributed by atoms with van der Waals surface area (Å²) < 4.78 is 30.4. The number of carbonyl (C=O) groups is 1. The molecule has 31 heavy (non-hydrogen) atoms. The van der Waals surface area contributed by atoms with Crippen molar-refractivity contribution in [3.8, 4) is 11.1 Å². The molecule has 0 spiro atoms. The molecule has 0 atom stereocenters. The molecule has 1 aliphatic carbocycles. The molecule has 4 aromatic rings. The van der Waals surface area contributed by atoms with Gasteiger partial charge in [0.15, 0.2) is 11.6 Å². The number of halogens is 2. The Morgan fingerprint density at radius 3 is 2.71 bits per heavy atom. The molecule has 0 unspecified atom stereocenters. The van der Waals surface area contributed by atoms with E-state index in [2.05, 4.69) is 10.3 Å². The molecular weight excluding hydrogens is 400 g/mol. The van der Waals surface area contributed by atoms with Crippen molar-refractivity contribution in [2.75, 3.05) is 5.32 Å². The second-order valence-electron chi connectivity index (χ2n) is 7.86. The van der Waals surface area contributed by atoms with E-state index < -0.39 is 17.6 Å². The fraction of sp³-hybridized carbons (Fsp3) is 0.167. The highest BCUT2D eigenvalue weighted by atomic mass is 19.2. The Bertz CT molecular complexity index is 1340. The second kappa shape index (κ2) is 7.19. The van der Waals surface area contributed by atoms with Crippen LogP contribution in [0.25, 0.3) is 22.0 Å². The van der Waals surface area contributed by atoms with Crippen molar-refractivity contribution in [3.63, 3.8) is 0 Å². The predicted octanol–water partition coefficient (Wildman–Crippen LogP) is 5.84. The summed E-state index contributed by atoms with van der Waals surface area (Å²) in [5.41, 5.74) is 2.90. The second-order valence-corrected chi connectivity index (χ2v) is 7.86. The van der Waals surface area contributed by atoms with Crippen LogP contribution in [0.5, 0.6) is 0 Å². The number of aryl methyl sites for hydroxylation is 1. The number of pyridine rings is 1. The smallest absolute Gasteiger partial charge is 0.339 e. The molecule has 5 nitrogen and oxygen atoms in total. The van der Waals surface area contributed by atoms with Gasteiger partial charge in [-0.2, -0.15) is 0 Å². The van der Waals surface area contributed by atoms with E-state index in [1.807, 2.05) is 29.9 Å². The van der Waals surface area contributed by atoms with E-state index >= 15 is 0 Å². The summed E-state index contributed by atoms with van der Waals surface area (Å²) in [6.07, 6.45) is 5.61. The number of anilines is 2.